The summed E-state index contributed by atoms with van der Waals surface area (Å²) >= 11 is 1.72. The third-order valence-electron chi connectivity index (χ3n) is 2.41. The average Bonchev–Trinajstić information content (AvgIpc) is 2.50. The number of imide groups is 1. The van der Waals surface area contributed by atoms with Crippen LogP contribution in [0.5, 0.6) is 0 Å². The number of amides is 2. The lowest BCUT2D eigenvalue weighted by Crippen LogP contribution is -2.46. The quantitative estimate of drug-likeness (QED) is 0.211. The van der Waals surface area contributed by atoms with E-state index in [2.05, 4.69) is 0 Å². The number of nitrogens with zero attached hydrogens (tertiary/aromatic N) is 2. The number of likely N-dealkylation sites (N-methyl/N-ethyl adjacent to an activating group) is 1. The molecule has 2 rings (SSSR count). The molecule has 0 unspecified atom stereocenters. The summed E-state index contributed by atoms with van der Waals surface area (Å²) in [6.45, 7) is 2.47. The van der Waals surface area contributed by atoms with Crippen molar-refractivity contribution in [2.24, 2.45) is 0 Å². The fourth-order valence-electron chi connectivity index (χ4n) is 1.28. The number of hydrogen-bond acceptors (Lipinski definition) is 4. The van der Waals surface area contributed by atoms with Gasteiger partial charge in [-0.1, -0.05) is 0 Å². The second kappa shape index (κ2) is 5.89. The molecule has 2 amide bonds. The van der Waals surface area contributed by atoms with E-state index in [0.717, 1.165) is 3.11 Å². The van der Waals surface area contributed by atoms with Crippen molar-refractivity contribution in [1.29, 1.82) is 0 Å². The van der Waals surface area contributed by atoms with Gasteiger partial charge in [-0.15, -0.1) is 0 Å². The van der Waals surface area contributed by atoms with Gasteiger partial charge in [0.1, 0.15) is 13.1 Å². The lowest BCUT2D eigenvalue weighted by molar-refractivity contribution is -0.869. The van der Waals surface area contributed by atoms with E-state index in [1.807, 2.05) is 0 Å². The Morgan fingerprint density at radius 3 is 1.88 bits per heavy atom. The summed E-state index contributed by atoms with van der Waals surface area (Å²) in [6.07, 6.45) is 0.781. The van der Waals surface area contributed by atoms with Crippen molar-refractivity contribution in [2.45, 2.75) is 12.8 Å². The second-order valence-corrected chi connectivity index (χ2v) is 4.89. The third kappa shape index (κ3) is 4.32. The zero-order valence-corrected chi connectivity index (χ0v) is 11.3. The Balaban J connectivity index is 0.000000160. The van der Waals surface area contributed by atoms with Crippen LogP contribution in [0.25, 0.3) is 0 Å². The monoisotopic (exact) mass is 342 g/mol. The maximum absolute atomic E-state index is 11.0. The van der Waals surface area contributed by atoms with E-state index in [9.17, 15) is 14.8 Å². The van der Waals surface area contributed by atoms with Crippen molar-refractivity contribution in [3.63, 3.8) is 0 Å². The minimum atomic E-state index is -0.125. The molecule has 0 aliphatic carbocycles. The number of halogens is 1. The standard InChI is InChI=1S/C5H11NO2.C4H4INO2/c1-6(7)2-4-8-5-3-6;5-6-3(7)1-2-4(6)8/h2-5H2,1H3;1-2H2. The van der Waals surface area contributed by atoms with Gasteiger partial charge in [-0.05, 0) is 0 Å². The number of morpholine rings is 1. The van der Waals surface area contributed by atoms with Gasteiger partial charge in [0.2, 0.25) is 11.8 Å². The molecule has 2 aliphatic heterocycles. The molecule has 0 atom stereocenters. The summed E-state index contributed by atoms with van der Waals surface area (Å²) < 4.78 is 6.00. The summed E-state index contributed by atoms with van der Waals surface area (Å²) in [4.78, 5) is 21.0. The fourth-order valence-corrected chi connectivity index (χ4v) is 1.76. The van der Waals surface area contributed by atoms with Crippen molar-refractivity contribution >= 4 is 34.7 Å². The number of ether oxygens (including phenoxy) is 1. The van der Waals surface area contributed by atoms with E-state index in [1.165, 1.54) is 0 Å². The van der Waals surface area contributed by atoms with Crippen molar-refractivity contribution in [2.75, 3.05) is 33.4 Å². The number of hydrogen-bond donors (Lipinski definition) is 0. The van der Waals surface area contributed by atoms with Crippen LogP contribution in [0.1, 0.15) is 12.8 Å². The molecule has 6 nitrogen and oxygen atoms in total. The van der Waals surface area contributed by atoms with Gasteiger partial charge in [0.05, 0.1) is 43.1 Å². The van der Waals surface area contributed by atoms with Crippen LogP contribution in [-0.2, 0) is 14.3 Å². The first-order valence-corrected chi connectivity index (χ1v) is 6.04. The van der Waals surface area contributed by atoms with Gasteiger partial charge in [0.25, 0.3) is 0 Å². The molecule has 2 saturated heterocycles. The minimum Gasteiger partial charge on any atom is -0.633 e. The predicted octanol–water partition coefficient (Wildman–Crippen LogP) is 0.446. The first-order chi connectivity index (χ1) is 7.42. The number of carbonyl (C=O) groups is 2. The maximum Gasteiger partial charge on any atom is 0.238 e. The smallest absolute Gasteiger partial charge is 0.238 e. The van der Waals surface area contributed by atoms with Crippen LogP contribution in [0.15, 0.2) is 0 Å². The molecule has 16 heavy (non-hydrogen) atoms. The maximum atomic E-state index is 11.0. The molecule has 0 N–H and O–H groups in total. The molecule has 7 heteroatoms. The van der Waals surface area contributed by atoms with Gasteiger partial charge in [0.15, 0.2) is 0 Å². The summed E-state index contributed by atoms with van der Waals surface area (Å²) in [5, 5.41) is 11.0. The molecule has 92 valence electrons. The minimum absolute atomic E-state index is 0.0735. The highest BCUT2D eigenvalue weighted by molar-refractivity contribution is 14.1. The Kier molecular flexibility index (Phi) is 5.09. The first kappa shape index (κ1) is 13.8. The van der Waals surface area contributed by atoms with Crippen LogP contribution < -0.4 is 0 Å². The van der Waals surface area contributed by atoms with Crippen molar-refractivity contribution in [3.05, 3.63) is 5.21 Å². The van der Waals surface area contributed by atoms with Crippen LogP contribution in [0.3, 0.4) is 0 Å². The van der Waals surface area contributed by atoms with E-state index in [0.29, 0.717) is 39.1 Å². The van der Waals surface area contributed by atoms with Gasteiger partial charge in [-0.2, -0.15) is 0 Å². The predicted molar refractivity (Wildman–Crippen MR) is 65.2 cm³/mol. The molecule has 0 radical (unpaired) electrons. The van der Waals surface area contributed by atoms with Gasteiger partial charge in [-0.25, -0.2) is 3.11 Å². The van der Waals surface area contributed by atoms with Crippen LogP contribution in [0.2, 0.25) is 0 Å². The summed E-state index contributed by atoms with van der Waals surface area (Å²) in [5.74, 6) is -0.147. The molecule has 2 fully saturated rings. The Hall–Kier alpha value is -0.250. The lowest BCUT2D eigenvalue weighted by atomic mass is 10.4. The first-order valence-electron chi connectivity index (χ1n) is 5.07. The SMILES string of the molecule is C[N+]1([O-])CCOCC1.O=C1CCC(=O)N1I. The van der Waals surface area contributed by atoms with Gasteiger partial charge in [-0.3, -0.25) is 9.59 Å². The molecule has 0 bridgehead atoms. The Morgan fingerprint density at radius 2 is 1.69 bits per heavy atom. The molecule has 0 aromatic heterocycles. The molecular weight excluding hydrogens is 327 g/mol. The summed E-state index contributed by atoms with van der Waals surface area (Å²) in [7, 11) is 1.68. The highest BCUT2D eigenvalue weighted by atomic mass is 127. The number of hydroxylamine groups is 3. The Labute approximate surface area is 108 Å². The van der Waals surface area contributed by atoms with Crippen LogP contribution in [0, 0.1) is 5.21 Å². The number of carbonyl (C=O) groups excluding carboxylic acids is 2. The molecule has 2 aliphatic rings. The van der Waals surface area contributed by atoms with Gasteiger partial charge < -0.3 is 14.6 Å². The average molecular weight is 342 g/mol. The molecule has 0 saturated carbocycles. The third-order valence-corrected chi connectivity index (χ3v) is 3.48. The highest BCUT2D eigenvalue weighted by Crippen LogP contribution is 2.15. The van der Waals surface area contributed by atoms with Crippen LogP contribution in [0.4, 0.5) is 0 Å². The zero-order valence-electron chi connectivity index (χ0n) is 9.15. The Morgan fingerprint density at radius 1 is 1.25 bits per heavy atom. The van der Waals surface area contributed by atoms with E-state index in [4.69, 9.17) is 4.74 Å². The number of rotatable bonds is 0. The normalized spacial score (nSPS) is 24.1. The molecule has 0 aromatic rings. The van der Waals surface area contributed by atoms with E-state index in [-0.39, 0.29) is 16.5 Å². The van der Waals surface area contributed by atoms with Gasteiger partial charge >= 0.3 is 0 Å². The van der Waals surface area contributed by atoms with E-state index < -0.39 is 0 Å². The largest absolute Gasteiger partial charge is 0.633 e. The summed E-state index contributed by atoms with van der Waals surface area (Å²) in [6, 6.07) is 0. The van der Waals surface area contributed by atoms with E-state index >= 15 is 0 Å². The molecule has 2 heterocycles. The second-order valence-electron chi connectivity index (χ2n) is 3.92. The fraction of sp³-hybridized carbons (Fsp3) is 0.778. The lowest BCUT2D eigenvalue weighted by Gasteiger charge is -2.41. The molecule has 0 aromatic carbocycles. The Bertz CT molecular complexity index is 259. The van der Waals surface area contributed by atoms with Crippen molar-refractivity contribution in [1.82, 2.24) is 3.11 Å². The van der Waals surface area contributed by atoms with Crippen molar-refractivity contribution < 1.29 is 19.0 Å². The van der Waals surface area contributed by atoms with Crippen molar-refractivity contribution in [3.8, 4) is 0 Å². The number of quaternary nitrogens is 1. The summed E-state index contributed by atoms with van der Waals surface area (Å²) in [5.41, 5.74) is 0. The van der Waals surface area contributed by atoms with Gasteiger partial charge in [0, 0.05) is 12.8 Å². The topological polar surface area (TPSA) is 69.7 Å². The van der Waals surface area contributed by atoms with E-state index in [1.54, 1.807) is 29.9 Å². The molecule has 0 spiro atoms. The highest BCUT2D eigenvalue weighted by Gasteiger charge is 2.26. The molecular formula is C9H15IN2O4. The van der Waals surface area contributed by atoms with Crippen LogP contribution >= 0.6 is 22.9 Å². The van der Waals surface area contributed by atoms with Crippen LogP contribution in [-0.4, -0.2) is 52.9 Å². The zero-order chi connectivity index (χ0) is 12.2.